The Balaban J connectivity index is 1.63. The van der Waals surface area contributed by atoms with Crippen LogP contribution in [0.3, 0.4) is 0 Å². The van der Waals surface area contributed by atoms with Gasteiger partial charge in [0.25, 0.3) is 5.56 Å². The first-order valence-corrected chi connectivity index (χ1v) is 8.50. The van der Waals surface area contributed by atoms with Gasteiger partial charge >= 0.3 is 11.7 Å². The van der Waals surface area contributed by atoms with E-state index >= 15 is 0 Å². The molecule has 25 heavy (non-hydrogen) atoms. The fourth-order valence-corrected chi connectivity index (χ4v) is 2.72. The molecule has 128 valence electrons. The van der Waals surface area contributed by atoms with E-state index in [-0.39, 0.29) is 18.7 Å². The minimum atomic E-state index is -0.470. The van der Waals surface area contributed by atoms with E-state index in [0.717, 1.165) is 9.04 Å². The van der Waals surface area contributed by atoms with Crippen molar-refractivity contribution in [2.45, 2.75) is 13.0 Å². The van der Waals surface area contributed by atoms with Crippen molar-refractivity contribution in [1.29, 1.82) is 0 Å². The van der Waals surface area contributed by atoms with Crippen LogP contribution in [0.15, 0.2) is 62.6 Å². The summed E-state index contributed by atoms with van der Waals surface area (Å²) in [5, 5.41) is 0.453. The maximum atomic E-state index is 12.4. The summed E-state index contributed by atoms with van der Waals surface area (Å²) in [6.45, 7) is 0.292. The number of aromatic amines is 1. The first kappa shape index (κ1) is 17.2. The molecule has 0 spiro atoms. The summed E-state index contributed by atoms with van der Waals surface area (Å²) in [7, 11) is 0. The first-order valence-electron chi connectivity index (χ1n) is 7.71. The smallest absolute Gasteiger partial charge is 0.338 e. The summed E-state index contributed by atoms with van der Waals surface area (Å²) in [5.74, 6) is -0.438. The van der Waals surface area contributed by atoms with E-state index in [1.807, 2.05) is 0 Å². The van der Waals surface area contributed by atoms with Gasteiger partial charge in [-0.15, -0.1) is 0 Å². The van der Waals surface area contributed by atoms with Crippen LogP contribution < -0.4 is 11.2 Å². The largest absolute Gasteiger partial charge is 0.462 e. The Morgan fingerprint density at radius 1 is 1.08 bits per heavy atom. The summed E-state index contributed by atoms with van der Waals surface area (Å²) in [5.41, 5.74) is 0.140. The highest BCUT2D eigenvalue weighted by molar-refractivity contribution is 9.10. The lowest BCUT2D eigenvalue weighted by atomic mass is 10.2. The van der Waals surface area contributed by atoms with Gasteiger partial charge in [-0.1, -0.05) is 28.1 Å². The van der Waals surface area contributed by atoms with Crippen LogP contribution in [-0.4, -0.2) is 22.1 Å². The van der Waals surface area contributed by atoms with Crippen molar-refractivity contribution in [3.63, 3.8) is 0 Å². The molecule has 1 heterocycles. The summed E-state index contributed by atoms with van der Waals surface area (Å²) in [6, 6.07) is 13.7. The highest BCUT2D eigenvalue weighted by Crippen LogP contribution is 2.11. The van der Waals surface area contributed by atoms with Crippen molar-refractivity contribution in [3.05, 3.63) is 79.4 Å². The third-order valence-corrected chi connectivity index (χ3v) is 4.26. The Labute approximate surface area is 151 Å². The van der Waals surface area contributed by atoms with Crippen LogP contribution in [0.1, 0.15) is 16.8 Å². The molecule has 0 bridgehead atoms. The number of esters is 1. The molecule has 3 rings (SSSR count). The van der Waals surface area contributed by atoms with Crippen LogP contribution in [0.5, 0.6) is 0 Å². The molecule has 0 radical (unpaired) electrons. The van der Waals surface area contributed by atoms with Gasteiger partial charge in [0, 0.05) is 11.0 Å². The van der Waals surface area contributed by atoms with Crippen LogP contribution >= 0.6 is 15.9 Å². The van der Waals surface area contributed by atoms with Gasteiger partial charge in [0.1, 0.15) is 0 Å². The van der Waals surface area contributed by atoms with Gasteiger partial charge in [0.2, 0.25) is 0 Å². The Morgan fingerprint density at radius 2 is 1.80 bits per heavy atom. The van der Waals surface area contributed by atoms with Gasteiger partial charge in [-0.2, -0.15) is 0 Å². The van der Waals surface area contributed by atoms with Crippen molar-refractivity contribution < 1.29 is 9.53 Å². The molecule has 6 nitrogen and oxygen atoms in total. The van der Waals surface area contributed by atoms with E-state index in [4.69, 9.17) is 4.74 Å². The Bertz CT molecular complexity index is 1020. The molecule has 3 aromatic rings. The minimum absolute atomic E-state index is 0.119. The van der Waals surface area contributed by atoms with Crippen LogP contribution in [0, 0.1) is 0 Å². The molecular formula is C18H15BrN2O4. The fraction of sp³-hybridized carbons (Fsp3) is 0.167. The number of aromatic nitrogens is 2. The van der Waals surface area contributed by atoms with E-state index in [2.05, 4.69) is 20.9 Å². The van der Waals surface area contributed by atoms with E-state index in [0.29, 0.717) is 22.9 Å². The molecule has 0 aliphatic carbocycles. The second-order valence-electron chi connectivity index (χ2n) is 5.43. The minimum Gasteiger partial charge on any atom is -0.462 e. The van der Waals surface area contributed by atoms with Crippen molar-refractivity contribution >= 4 is 32.8 Å². The number of halogens is 1. The molecule has 0 saturated heterocycles. The molecule has 0 saturated carbocycles. The van der Waals surface area contributed by atoms with Crippen molar-refractivity contribution in [3.8, 4) is 0 Å². The van der Waals surface area contributed by atoms with E-state index in [9.17, 15) is 14.4 Å². The number of carbonyl (C=O) groups excluding carboxylic acids is 1. The van der Waals surface area contributed by atoms with E-state index < -0.39 is 11.7 Å². The zero-order valence-corrected chi connectivity index (χ0v) is 14.8. The monoisotopic (exact) mass is 402 g/mol. The highest BCUT2D eigenvalue weighted by Gasteiger charge is 2.09. The summed E-state index contributed by atoms with van der Waals surface area (Å²) in [6.07, 6.45) is 0.365. The number of para-hydroxylation sites is 1. The molecule has 0 aliphatic heterocycles. The molecule has 0 aliphatic rings. The fourth-order valence-electron chi connectivity index (χ4n) is 2.46. The van der Waals surface area contributed by atoms with Gasteiger partial charge in [-0.3, -0.25) is 9.36 Å². The van der Waals surface area contributed by atoms with E-state index in [1.165, 1.54) is 0 Å². The molecule has 2 aromatic carbocycles. The molecule has 7 heteroatoms. The van der Waals surface area contributed by atoms with Gasteiger partial charge in [-0.05, 0) is 42.8 Å². The van der Waals surface area contributed by atoms with Gasteiger partial charge in [0.15, 0.2) is 0 Å². The molecular weight excluding hydrogens is 388 g/mol. The number of nitrogens with one attached hydrogen (secondary N) is 1. The summed E-state index contributed by atoms with van der Waals surface area (Å²) < 4.78 is 7.17. The van der Waals surface area contributed by atoms with Crippen LogP contribution in [0.4, 0.5) is 0 Å². The zero-order valence-electron chi connectivity index (χ0n) is 13.2. The number of carbonyl (C=O) groups is 1. The van der Waals surface area contributed by atoms with Crippen molar-refractivity contribution in [2.75, 3.05) is 6.61 Å². The Kier molecular flexibility index (Phi) is 5.14. The molecule has 0 unspecified atom stereocenters. The van der Waals surface area contributed by atoms with Crippen molar-refractivity contribution in [1.82, 2.24) is 9.55 Å². The van der Waals surface area contributed by atoms with Gasteiger partial charge in [-0.25, -0.2) is 9.59 Å². The third kappa shape index (κ3) is 3.88. The molecule has 0 amide bonds. The zero-order chi connectivity index (χ0) is 17.8. The van der Waals surface area contributed by atoms with Crippen LogP contribution in [-0.2, 0) is 11.3 Å². The standard InChI is InChI=1S/C18H15BrN2O4/c19-13-8-6-12(7-9-13)17(23)25-11-3-10-21-16(22)14-4-1-2-5-15(14)20-18(21)24/h1-2,4-9H,3,10-11H2,(H,20,24). The maximum Gasteiger partial charge on any atom is 0.338 e. The SMILES string of the molecule is O=C(OCCCn1c(=O)[nH]c2ccccc2c1=O)c1ccc(Br)cc1. The second kappa shape index (κ2) is 7.48. The molecule has 0 fully saturated rings. The summed E-state index contributed by atoms with van der Waals surface area (Å²) in [4.78, 5) is 39.0. The Morgan fingerprint density at radius 3 is 2.56 bits per heavy atom. The second-order valence-corrected chi connectivity index (χ2v) is 6.34. The van der Waals surface area contributed by atoms with Crippen LogP contribution in [0.25, 0.3) is 10.9 Å². The average molecular weight is 403 g/mol. The lowest BCUT2D eigenvalue weighted by Crippen LogP contribution is -2.35. The Hall–Kier alpha value is -2.67. The number of nitrogens with zero attached hydrogens (tertiary/aromatic N) is 1. The molecule has 0 atom stereocenters. The number of hydrogen-bond donors (Lipinski definition) is 1. The normalized spacial score (nSPS) is 10.8. The number of fused-ring (bicyclic) bond motifs is 1. The van der Waals surface area contributed by atoms with E-state index in [1.54, 1.807) is 48.5 Å². The predicted octanol–water partition coefficient (Wildman–Crippen LogP) is 2.70. The lowest BCUT2D eigenvalue weighted by Gasteiger charge is -2.07. The summed E-state index contributed by atoms with van der Waals surface area (Å²) >= 11 is 3.30. The average Bonchev–Trinajstić information content (AvgIpc) is 2.61. The van der Waals surface area contributed by atoms with Gasteiger partial charge < -0.3 is 9.72 Å². The maximum absolute atomic E-state index is 12.4. The topological polar surface area (TPSA) is 81.2 Å². The number of rotatable bonds is 5. The first-order chi connectivity index (χ1) is 12.1. The number of benzene rings is 2. The van der Waals surface area contributed by atoms with Gasteiger partial charge in [0.05, 0.1) is 23.1 Å². The third-order valence-electron chi connectivity index (χ3n) is 3.73. The lowest BCUT2D eigenvalue weighted by molar-refractivity contribution is 0.0495. The molecule has 1 N–H and O–H groups in total. The predicted molar refractivity (Wildman–Crippen MR) is 97.9 cm³/mol. The number of ether oxygens (including phenoxy) is 1. The van der Waals surface area contributed by atoms with Crippen molar-refractivity contribution in [2.24, 2.45) is 0 Å². The van der Waals surface area contributed by atoms with Crippen LogP contribution in [0.2, 0.25) is 0 Å². The quantitative estimate of drug-likeness (QED) is 0.525. The molecule has 1 aromatic heterocycles. The number of hydrogen-bond acceptors (Lipinski definition) is 4. The number of H-pyrrole nitrogens is 1. The highest BCUT2D eigenvalue weighted by atomic mass is 79.9.